The minimum Gasteiger partial charge on any atom is -0.323 e. The molecule has 2 rings (SSSR count). The Hall–Kier alpha value is -0.590. The molecule has 0 aliphatic rings. The smallest absolute Gasteiger partial charge is 0.263 e. The number of rotatable bonds is 6. The van der Waals surface area contributed by atoms with E-state index < -0.39 is 0 Å². The molecule has 0 radical (unpaired) electrons. The molecule has 3 nitrogen and oxygen atoms in total. The van der Waals surface area contributed by atoms with E-state index in [1.165, 1.54) is 23.5 Å². The standard InChI is InChI=1S/C12H16N2OS3/c1-17-7-4-2-3-6-14-11(15)9-5-8-18-10(9)13-12(14)16/h5,8H,2-4,6-7H2,1H3,(H,13,16). The number of hydrogen-bond donors (Lipinski definition) is 1. The van der Waals surface area contributed by atoms with Gasteiger partial charge in [0.05, 0.1) is 5.39 Å². The van der Waals surface area contributed by atoms with Gasteiger partial charge in [-0.1, -0.05) is 6.42 Å². The van der Waals surface area contributed by atoms with Crippen molar-refractivity contribution < 1.29 is 0 Å². The van der Waals surface area contributed by atoms with Crippen LogP contribution in [0.5, 0.6) is 0 Å². The fourth-order valence-electron chi connectivity index (χ4n) is 1.87. The van der Waals surface area contributed by atoms with Crippen LogP contribution in [0.4, 0.5) is 0 Å². The van der Waals surface area contributed by atoms with E-state index in [-0.39, 0.29) is 5.56 Å². The highest BCUT2D eigenvalue weighted by atomic mass is 32.2. The fraction of sp³-hybridized carbons (Fsp3) is 0.500. The molecule has 2 aromatic rings. The lowest BCUT2D eigenvalue weighted by Gasteiger charge is -2.06. The zero-order valence-corrected chi connectivity index (χ0v) is 12.7. The SMILES string of the molecule is CSCCCCCn1c(=S)[nH]c2sccc2c1=O. The van der Waals surface area contributed by atoms with Crippen LogP contribution in [0.2, 0.25) is 0 Å². The number of nitrogens with zero attached hydrogens (tertiary/aromatic N) is 1. The van der Waals surface area contributed by atoms with Crippen LogP contribution in [-0.4, -0.2) is 21.6 Å². The Labute approximate surface area is 119 Å². The van der Waals surface area contributed by atoms with E-state index in [1.54, 1.807) is 4.57 Å². The highest BCUT2D eigenvalue weighted by Crippen LogP contribution is 2.14. The van der Waals surface area contributed by atoms with Crippen LogP contribution < -0.4 is 5.56 Å². The first-order valence-corrected chi connectivity index (χ1v) is 8.61. The topological polar surface area (TPSA) is 37.8 Å². The molecule has 0 atom stereocenters. The van der Waals surface area contributed by atoms with Crippen molar-refractivity contribution in [1.82, 2.24) is 9.55 Å². The lowest BCUT2D eigenvalue weighted by molar-refractivity contribution is 0.580. The predicted molar refractivity (Wildman–Crippen MR) is 83.5 cm³/mol. The van der Waals surface area contributed by atoms with Crippen molar-refractivity contribution in [1.29, 1.82) is 0 Å². The summed E-state index contributed by atoms with van der Waals surface area (Å²) in [7, 11) is 0. The normalized spacial score (nSPS) is 11.2. The van der Waals surface area contributed by atoms with Crippen LogP contribution in [0.3, 0.4) is 0 Å². The summed E-state index contributed by atoms with van der Waals surface area (Å²) in [6.45, 7) is 0.717. The van der Waals surface area contributed by atoms with Crippen LogP contribution in [0.25, 0.3) is 10.2 Å². The second-order valence-corrected chi connectivity index (χ2v) is 6.39. The summed E-state index contributed by atoms with van der Waals surface area (Å²) in [6.07, 6.45) is 5.47. The van der Waals surface area contributed by atoms with Gasteiger partial charge >= 0.3 is 0 Å². The molecule has 0 saturated carbocycles. The lowest BCUT2D eigenvalue weighted by Crippen LogP contribution is -2.21. The Bertz CT molecular complexity index is 626. The molecule has 98 valence electrons. The van der Waals surface area contributed by atoms with E-state index in [1.807, 2.05) is 23.2 Å². The number of H-pyrrole nitrogens is 1. The zero-order chi connectivity index (χ0) is 13.0. The van der Waals surface area contributed by atoms with Gasteiger partial charge in [0.1, 0.15) is 4.83 Å². The number of thioether (sulfide) groups is 1. The highest BCUT2D eigenvalue weighted by Gasteiger charge is 2.05. The summed E-state index contributed by atoms with van der Waals surface area (Å²) in [4.78, 5) is 16.2. The molecule has 0 aliphatic carbocycles. The van der Waals surface area contributed by atoms with Crippen molar-refractivity contribution in [3.8, 4) is 0 Å². The highest BCUT2D eigenvalue weighted by molar-refractivity contribution is 7.98. The Morgan fingerprint density at radius 3 is 3.06 bits per heavy atom. The maximum atomic E-state index is 12.2. The molecular formula is C12H16N2OS3. The van der Waals surface area contributed by atoms with E-state index in [0.717, 1.165) is 23.1 Å². The number of nitrogens with one attached hydrogen (secondary N) is 1. The zero-order valence-electron chi connectivity index (χ0n) is 10.3. The molecule has 18 heavy (non-hydrogen) atoms. The van der Waals surface area contributed by atoms with Gasteiger partial charge in [-0.15, -0.1) is 11.3 Å². The van der Waals surface area contributed by atoms with E-state index in [0.29, 0.717) is 11.3 Å². The Balaban J connectivity index is 2.13. The summed E-state index contributed by atoms with van der Waals surface area (Å²) >= 11 is 8.63. The minimum atomic E-state index is 0.0415. The first-order valence-electron chi connectivity index (χ1n) is 5.93. The maximum Gasteiger partial charge on any atom is 0.263 e. The molecule has 0 aromatic carbocycles. The van der Waals surface area contributed by atoms with Gasteiger partial charge in [0.15, 0.2) is 4.77 Å². The number of aromatic nitrogens is 2. The second kappa shape index (κ2) is 6.54. The summed E-state index contributed by atoms with van der Waals surface area (Å²) in [6, 6.07) is 1.86. The molecular weight excluding hydrogens is 284 g/mol. The molecule has 0 saturated heterocycles. The van der Waals surface area contributed by atoms with E-state index >= 15 is 0 Å². The van der Waals surface area contributed by atoms with Crippen LogP contribution in [0.15, 0.2) is 16.2 Å². The molecule has 0 spiro atoms. The molecule has 0 unspecified atom stereocenters. The van der Waals surface area contributed by atoms with Crippen LogP contribution in [-0.2, 0) is 6.54 Å². The largest absolute Gasteiger partial charge is 0.323 e. The fourth-order valence-corrected chi connectivity index (χ4v) is 3.48. The maximum absolute atomic E-state index is 12.2. The third-order valence-electron chi connectivity index (χ3n) is 2.84. The number of hydrogen-bond acceptors (Lipinski definition) is 4. The van der Waals surface area contributed by atoms with Crippen molar-refractivity contribution in [2.45, 2.75) is 25.8 Å². The third-order valence-corrected chi connectivity index (χ3v) is 4.69. The van der Waals surface area contributed by atoms with Gasteiger partial charge in [0.25, 0.3) is 5.56 Å². The van der Waals surface area contributed by atoms with Crippen molar-refractivity contribution in [3.63, 3.8) is 0 Å². The summed E-state index contributed by atoms with van der Waals surface area (Å²) in [5, 5.41) is 2.66. The van der Waals surface area contributed by atoms with Gasteiger partial charge in [0, 0.05) is 6.54 Å². The van der Waals surface area contributed by atoms with Crippen molar-refractivity contribution >= 4 is 45.5 Å². The number of fused-ring (bicyclic) bond motifs is 1. The molecule has 0 amide bonds. The van der Waals surface area contributed by atoms with Crippen molar-refractivity contribution in [2.24, 2.45) is 0 Å². The van der Waals surface area contributed by atoms with Crippen LogP contribution in [0.1, 0.15) is 19.3 Å². The molecule has 1 N–H and O–H groups in total. The van der Waals surface area contributed by atoms with Crippen molar-refractivity contribution in [3.05, 3.63) is 26.6 Å². The van der Waals surface area contributed by atoms with E-state index in [2.05, 4.69) is 11.2 Å². The van der Waals surface area contributed by atoms with Gasteiger partial charge in [0.2, 0.25) is 0 Å². The first-order chi connectivity index (χ1) is 8.74. The van der Waals surface area contributed by atoms with Gasteiger partial charge in [-0.05, 0) is 48.5 Å². The van der Waals surface area contributed by atoms with E-state index in [4.69, 9.17) is 12.2 Å². The Morgan fingerprint density at radius 2 is 2.28 bits per heavy atom. The van der Waals surface area contributed by atoms with Gasteiger partial charge in [-0.3, -0.25) is 9.36 Å². The summed E-state index contributed by atoms with van der Waals surface area (Å²) in [5.74, 6) is 1.19. The average Bonchev–Trinajstić information content (AvgIpc) is 2.80. The average molecular weight is 300 g/mol. The Morgan fingerprint density at radius 1 is 1.44 bits per heavy atom. The lowest BCUT2D eigenvalue weighted by atomic mass is 10.2. The van der Waals surface area contributed by atoms with E-state index in [9.17, 15) is 4.79 Å². The van der Waals surface area contributed by atoms with Crippen LogP contribution in [0, 0.1) is 4.77 Å². The molecule has 2 aromatic heterocycles. The van der Waals surface area contributed by atoms with Crippen molar-refractivity contribution in [2.75, 3.05) is 12.0 Å². The van der Waals surface area contributed by atoms with Crippen LogP contribution >= 0.6 is 35.3 Å². The summed E-state index contributed by atoms with van der Waals surface area (Å²) < 4.78 is 2.23. The quantitative estimate of drug-likeness (QED) is 0.653. The monoisotopic (exact) mass is 300 g/mol. The molecule has 0 aliphatic heterocycles. The second-order valence-electron chi connectivity index (χ2n) is 4.10. The van der Waals surface area contributed by atoms with Gasteiger partial charge in [-0.2, -0.15) is 11.8 Å². The Kier molecular flexibility index (Phi) is 5.03. The molecule has 0 fully saturated rings. The number of aromatic amines is 1. The number of thiophene rings is 1. The predicted octanol–water partition coefficient (Wildman–Crippen LogP) is 3.65. The minimum absolute atomic E-state index is 0.0415. The number of unbranched alkanes of at least 4 members (excludes halogenated alkanes) is 2. The van der Waals surface area contributed by atoms with Gasteiger partial charge in [-0.25, -0.2) is 0 Å². The van der Waals surface area contributed by atoms with Gasteiger partial charge < -0.3 is 4.98 Å². The molecule has 2 heterocycles. The molecule has 0 bridgehead atoms. The third kappa shape index (κ3) is 3.05. The molecule has 6 heteroatoms. The first kappa shape index (κ1) is 13.8. The summed E-state index contributed by atoms with van der Waals surface area (Å²) in [5.41, 5.74) is 0.0415.